The quantitative estimate of drug-likeness (QED) is 0.856. The summed E-state index contributed by atoms with van der Waals surface area (Å²) in [4.78, 5) is 17.6. The van der Waals surface area contributed by atoms with Gasteiger partial charge in [-0.3, -0.25) is 10.1 Å². The van der Waals surface area contributed by atoms with E-state index in [0.717, 1.165) is 19.4 Å². The number of carbonyl (C=O) groups is 1. The zero-order valence-corrected chi connectivity index (χ0v) is 13.2. The Morgan fingerprint density at radius 2 is 2.00 bits per heavy atom. The van der Waals surface area contributed by atoms with Crippen LogP contribution >= 0.6 is 0 Å². The molecule has 4 nitrogen and oxygen atoms in total. The Bertz CT molecular complexity index is 376. The number of hydrogen-bond acceptors (Lipinski definition) is 3. The minimum atomic E-state index is -0.216. The minimum absolute atomic E-state index is 0.216. The van der Waals surface area contributed by atoms with E-state index in [0.29, 0.717) is 17.9 Å². The van der Waals surface area contributed by atoms with Gasteiger partial charge in [0.2, 0.25) is 5.91 Å². The van der Waals surface area contributed by atoms with Crippen LogP contribution in [0.1, 0.15) is 52.4 Å². The molecule has 0 aromatic carbocycles. The van der Waals surface area contributed by atoms with E-state index in [2.05, 4.69) is 36.0 Å². The molecule has 1 amide bonds. The second-order valence-electron chi connectivity index (χ2n) is 7.36. The first-order valence-corrected chi connectivity index (χ1v) is 8.32. The first-order chi connectivity index (χ1) is 9.53. The molecule has 1 N–H and O–H groups in total. The fourth-order valence-electron chi connectivity index (χ4n) is 4.32. The molecule has 3 fully saturated rings. The molecule has 2 aliphatic heterocycles. The Labute approximate surface area is 122 Å². The van der Waals surface area contributed by atoms with Gasteiger partial charge in [-0.1, -0.05) is 26.7 Å². The molecular formula is C16H29N3O. The van der Waals surface area contributed by atoms with Crippen LogP contribution in [0.15, 0.2) is 0 Å². The molecule has 1 aliphatic carbocycles. The van der Waals surface area contributed by atoms with Gasteiger partial charge in [0.05, 0.1) is 11.7 Å². The molecule has 114 valence electrons. The number of likely N-dealkylation sites (N-methyl/N-ethyl adjacent to an activating group) is 1. The molecule has 2 heterocycles. The van der Waals surface area contributed by atoms with Gasteiger partial charge in [0.1, 0.15) is 0 Å². The summed E-state index contributed by atoms with van der Waals surface area (Å²) in [5.74, 6) is 0.861. The largest absolute Gasteiger partial charge is 0.324 e. The molecule has 0 aromatic heterocycles. The standard InChI is InChI=1S/C16H29N3O/c1-12(2)14-17-16(8-4-5-9-16)15(20)19(14)11-13-7-6-10-18(13)3/h12-14,17H,4-11H2,1-3H3. The predicted molar refractivity (Wildman–Crippen MR) is 80.3 cm³/mol. The third kappa shape index (κ3) is 2.27. The number of hydrogen-bond donors (Lipinski definition) is 1. The maximum atomic E-state index is 13.0. The van der Waals surface area contributed by atoms with Gasteiger partial charge < -0.3 is 9.80 Å². The van der Waals surface area contributed by atoms with Crippen LogP contribution in [0.3, 0.4) is 0 Å². The van der Waals surface area contributed by atoms with Crippen molar-refractivity contribution in [2.75, 3.05) is 20.1 Å². The molecular weight excluding hydrogens is 250 g/mol. The van der Waals surface area contributed by atoms with Gasteiger partial charge in [0.15, 0.2) is 0 Å². The number of nitrogens with zero attached hydrogens (tertiary/aromatic N) is 2. The molecule has 3 aliphatic rings. The Morgan fingerprint density at radius 3 is 2.55 bits per heavy atom. The van der Waals surface area contributed by atoms with Crippen LogP contribution in [-0.2, 0) is 4.79 Å². The maximum absolute atomic E-state index is 13.0. The van der Waals surface area contributed by atoms with Crippen molar-refractivity contribution in [1.82, 2.24) is 15.1 Å². The third-order valence-electron chi connectivity index (χ3n) is 5.60. The highest BCUT2D eigenvalue weighted by Crippen LogP contribution is 2.38. The zero-order chi connectivity index (χ0) is 14.3. The summed E-state index contributed by atoms with van der Waals surface area (Å²) in [7, 11) is 2.20. The average Bonchev–Trinajstić information content (AvgIpc) is 3.08. The van der Waals surface area contributed by atoms with Crippen LogP contribution in [0.4, 0.5) is 0 Å². The monoisotopic (exact) mass is 279 g/mol. The van der Waals surface area contributed by atoms with E-state index in [1.54, 1.807) is 0 Å². The van der Waals surface area contributed by atoms with Gasteiger partial charge in [-0.15, -0.1) is 0 Å². The summed E-state index contributed by atoms with van der Waals surface area (Å²) in [5, 5.41) is 3.71. The summed E-state index contributed by atoms with van der Waals surface area (Å²) < 4.78 is 0. The molecule has 1 saturated carbocycles. The van der Waals surface area contributed by atoms with Crippen LogP contribution in [0.2, 0.25) is 0 Å². The Morgan fingerprint density at radius 1 is 1.30 bits per heavy atom. The fourth-order valence-corrected chi connectivity index (χ4v) is 4.32. The molecule has 20 heavy (non-hydrogen) atoms. The van der Waals surface area contributed by atoms with Crippen LogP contribution in [0.25, 0.3) is 0 Å². The Balaban J connectivity index is 1.77. The van der Waals surface area contributed by atoms with Gasteiger partial charge in [-0.2, -0.15) is 0 Å². The van der Waals surface area contributed by atoms with Crippen molar-refractivity contribution in [3.05, 3.63) is 0 Å². The van der Waals surface area contributed by atoms with Crippen molar-refractivity contribution in [3.63, 3.8) is 0 Å². The smallest absolute Gasteiger partial charge is 0.244 e. The van der Waals surface area contributed by atoms with E-state index in [4.69, 9.17) is 0 Å². The van der Waals surface area contributed by atoms with Gasteiger partial charge in [0.25, 0.3) is 0 Å². The first-order valence-electron chi connectivity index (χ1n) is 8.32. The summed E-state index contributed by atoms with van der Waals surface area (Å²) in [6.07, 6.45) is 7.20. The maximum Gasteiger partial charge on any atom is 0.244 e. The second kappa shape index (κ2) is 5.30. The van der Waals surface area contributed by atoms with E-state index in [-0.39, 0.29) is 11.7 Å². The first kappa shape index (κ1) is 14.3. The SMILES string of the molecule is CC(C)C1NC2(CCCC2)C(=O)N1CC1CCCN1C. The lowest BCUT2D eigenvalue weighted by Gasteiger charge is -2.31. The second-order valence-corrected chi connectivity index (χ2v) is 7.36. The van der Waals surface area contributed by atoms with E-state index >= 15 is 0 Å². The lowest BCUT2D eigenvalue weighted by atomic mass is 9.98. The molecule has 2 saturated heterocycles. The van der Waals surface area contributed by atoms with Gasteiger partial charge in [-0.05, 0) is 45.2 Å². The normalized spacial score (nSPS) is 34.0. The van der Waals surface area contributed by atoms with Crippen LogP contribution in [0, 0.1) is 5.92 Å². The summed E-state index contributed by atoms with van der Waals surface area (Å²) >= 11 is 0. The molecule has 3 rings (SSSR count). The highest BCUT2D eigenvalue weighted by molar-refractivity contribution is 5.89. The minimum Gasteiger partial charge on any atom is -0.324 e. The number of nitrogens with one attached hydrogen (secondary N) is 1. The summed E-state index contributed by atoms with van der Waals surface area (Å²) in [6, 6.07) is 0.554. The molecule has 2 atom stereocenters. The van der Waals surface area contributed by atoms with Crippen molar-refractivity contribution < 1.29 is 4.79 Å². The number of likely N-dealkylation sites (tertiary alicyclic amines) is 1. The average molecular weight is 279 g/mol. The van der Waals surface area contributed by atoms with Crippen LogP contribution in [0.5, 0.6) is 0 Å². The fraction of sp³-hybridized carbons (Fsp3) is 0.938. The Hall–Kier alpha value is -0.610. The topological polar surface area (TPSA) is 35.6 Å². The predicted octanol–water partition coefficient (Wildman–Crippen LogP) is 1.81. The van der Waals surface area contributed by atoms with Crippen molar-refractivity contribution in [2.24, 2.45) is 5.92 Å². The lowest BCUT2D eigenvalue weighted by molar-refractivity contribution is -0.134. The van der Waals surface area contributed by atoms with Crippen LogP contribution in [-0.4, -0.2) is 53.6 Å². The molecule has 0 bridgehead atoms. The highest BCUT2D eigenvalue weighted by Gasteiger charge is 2.53. The van der Waals surface area contributed by atoms with Gasteiger partial charge in [-0.25, -0.2) is 0 Å². The van der Waals surface area contributed by atoms with E-state index in [1.807, 2.05) is 0 Å². The Kier molecular flexibility index (Phi) is 3.80. The van der Waals surface area contributed by atoms with Gasteiger partial charge in [0, 0.05) is 12.6 Å². The molecule has 2 unspecified atom stereocenters. The lowest BCUT2D eigenvalue weighted by Crippen LogP contribution is -2.47. The number of amides is 1. The number of rotatable bonds is 3. The highest BCUT2D eigenvalue weighted by atomic mass is 16.2. The van der Waals surface area contributed by atoms with Gasteiger partial charge >= 0.3 is 0 Å². The molecule has 0 radical (unpaired) electrons. The van der Waals surface area contributed by atoms with Crippen molar-refractivity contribution in [2.45, 2.75) is 70.1 Å². The molecule has 0 aromatic rings. The number of carbonyl (C=O) groups excluding carboxylic acids is 1. The third-order valence-corrected chi connectivity index (χ3v) is 5.60. The molecule has 4 heteroatoms. The summed E-state index contributed by atoms with van der Waals surface area (Å²) in [5.41, 5.74) is -0.216. The van der Waals surface area contributed by atoms with Crippen molar-refractivity contribution in [1.29, 1.82) is 0 Å². The van der Waals surface area contributed by atoms with Crippen molar-refractivity contribution in [3.8, 4) is 0 Å². The summed E-state index contributed by atoms with van der Waals surface area (Å²) in [6.45, 7) is 6.54. The van der Waals surface area contributed by atoms with Crippen LogP contribution < -0.4 is 5.32 Å². The molecule has 1 spiro atoms. The van der Waals surface area contributed by atoms with E-state index in [9.17, 15) is 4.79 Å². The van der Waals surface area contributed by atoms with Crippen molar-refractivity contribution >= 4 is 5.91 Å². The zero-order valence-electron chi connectivity index (χ0n) is 13.2. The van der Waals surface area contributed by atoms with E-state index < -0.39 is 0 Å². The van der Waals surface area contributed by atoms with E-state index in [1.165, 1.54) is 32.2 Å².